The molecular formula is C18H21NO3. The van der Waals surface area contributed by atoms with Gasteiger partial charge >= 0.3 is 5.97 Å². The maximum absolute atomic E-state index is 10.8. The quantitative estimate of drug-likeness (QED) is 0.699. The van der Waals surface area contributed by atoms with Crippen LogP contribution in [0.4, 0.5) is 0 Å². The summed E-state index contributed by atoms with van der Waals surface area (Å²) in [5.41, 5.74) is 1.47. The van der Waals surface area contributed by atoms with Gasteiger partial charge in [-0.25, -0.2) is 4.79 Å². The first-order chi connectivity index (χ1) is 10.8. The van der Waals surface area contributed by atoms with Gasteiger partial charge in [0.05, 0.1) is 12.2 Å². The first-order valence-electron chi connectivity index (χ1n) is 7.46. The van der Waals surface area contributed by atoms with Crippen LogP contribution in [0.2, 0.25) is 0 Å². The SMILES string of the molecule is O=C(O)c1ccc(CCNCCCOc2ccccc2)cc1. The molecule has 0 saturated heterocycles. The van der Waals surface area contributed by atoms with Crippen molar-refractivity contribution in [2.24, 2.45) is 0 Å². The summed E-state index contributed by atoms with van der Waals surface area (Å²) in [6, 6.07) is 16.8. The van der Waals surface area contributed by atoms with Crippen molar-refractivity contribution in [3.63, 3.8) is 0 Å². The van der Waals surface area contributed by atoms with Crippen LogP contribution in [0.1, 0.15) is 22.3 Å². The fourth-order valence-corrected chi connectivity index (χ4v) is 2.08. The van der Waals surface area contributed by atoms with Crippen molar-refractivity contribution < 1.29 is 14.6 Å². The van der Waals surface area contributed by atoms with Gasteiger partial charge in [-0.2, -0.15) is 0 Å². The molecule has 0 aliphatic heterocycles. The van der Waals surface area contributed by atoms with Crippen molar-refractivity contribution in [1.82, 2.24) is 5.32 Å². The monoisotopic (exact) mass is 299 g/mol. The second-order valence-corrected chi connectivity index (χ2v) is 5.02. The van der Waals surface area contributed by atoms with Gasteiger partial charge < -0.3 is 15.2 Å². The molecule has 0 saturated carbocycles. The molecule has 0 amide bonds. The molecular weight excluding hydrogens is 278 g/mol. The molecule has 0 atom stereocenters. The third-order valence-electron chi connectivity index (χ3n) is 3.30. The van der Waals surface area contributed by atoms with E-state index in [0.717, 1.165) is 37.2 Å². The molecule has 0 unspecified atom stereocenters. The van der Waals surface area contributed by atoms with Crippen molar-refractivity contribution >= 4 is 5.97 Å². The second-order valence-electron chi connectivity index (χ2n) is 5.02. The van der Waals surface area contributed by atoms with E-state index < -0.39 is 5.97 Å². The van der Waals surface area contributed by atoms with E-state index in [4.69, 9.17) is 9.84 Å². The van der Waals surface area contributed by atoms with Gasteiger partial charge in [0, 0.05) is 0 Å². The minimum absolute atomic E-state index is 0.328. The summed E-state index contributed by atoms with van der Waals surface area (Å²) in [5, 5.41) is 12.2. The van der Waals surface area contributed by atoms with E-state index in [0.29, 0.717) is 12.2 Å². The van der Waals surface area contributed by atoms with E-state index in [1.165, 1.54) is 0 Å². The maximum atomic E-state index is 10.8. The molecule has 4 nitrogen and oxygen atoms in total. The summed E-state index contributed by atoms with van der Waals surface area (Å²) in [6.45, 7) is 2.47. The predicted molar refractivity (Wildman–Crippen MR) is 86.5 cm³/mol. The zero-order valence-corrected chi connectivity index (χ0v) is 12.5. The molecule has 2 rings (SSSR count). The summed E-state index contributed by atoms with van der Waals surface area (Å²) in [4.78, 5) is 10.8. The Bertz CT molecular complexity index is 567. The Balaban J connectivity index is 1.55. The number of rotatable bonds is 9. The van der Waals surface area contributed by atoms with E-state index in [1.807, 2.05) is 42.5 Å². The zero-order chi connectivity index (χ0) is 15.6. The van der Waals surface area contributed by atoms with E-state index in [-0.39, 0.29) is 0 Å². The van der Waals surface area contributed by atoms with Gasteiger partial charge in [0.1, 0.15) is 5.75 Å². The van der Waals surface area contributed by atoms with Gasteiger partial charge in [-0.05, 0) is 55.8 Å². The molecule has 4 heteroatoms. The Hall–Kier alpha value is -2.33. The van der Waals surface area contributed by atoms with Crippen molar-refractivity contribution in [2.45, 2.75) is 12.8 Å². The minimum Gasteiger partial charge on any atom is -0.494 e. The summed E-state index contributed by atoms with van der Waals surface area (Å²) in [6.07, 6.45) is 1.84. The number of carboxylic acid groups (broad SMARTS) is 1. The van der Waals surface area contributed by atoms with E-state index >= 15 is 0 Å². The molecule has 0 radical (unpaired) electrons. The maximum Gasteiger partial charge on any atom is 0.335 e. The number of para-hydroxylation sites is 1. The Morgan fingerprint density at radius 3 is 2.41 bits per heavy atom. The van der Waals surface area contributed by atoms with Crippen LogP contribution in [-0.2, 0) is 6.42 Å². The van der Waals surface area contributed by atoms with Crippen LogP contribution in [0.25, 0.3) is 0 Å². The average molecular weight is 299 g/mol. The van der Waals surface area contributed by atoms with Crippen molar-refractivity contribution in [3.8, 4) is 5.75 Å². The molecule has 2 N–H and O–H groups in total. The highest BCUT2D eigenvalue weighted by Gasteiger charge is 2.01. The molecule has 116 valence electrons. The van der Waals surface area contributed by atoms with Crippen LogP contribution in [0, 0.1) is 0 Å². The molecule has 22 heavy (non-hydrogen) atoms. The number of carbonyl (C=O) groups is 1. The van der Waals surface area contributed by atoms with Crippen LogP contribution in [0.5, 0.6) is 5.75 Å². The lowest BCUT2D eigenvalue weighted by atomic mass is 10.1. The summed E-state index contributed by atoms with van der Waals surface area (Å²) >= 11 is 0. The van der Waals surface area contributed by atoms with Gasteiger partial charge in [0.2, 0.25) is 0 Å². The topological polar surface area (TPSA) is 58.6 Å². The fourth-order valence-electron chi connectivity index (χ4n) is 2.08. The van der Waals surface area contributed by atoms with Crippen LogP contribution in [0.3, 0.4) is 0 Å². The fraction of sp³-hybridized carbons (Fsp3) is 0.278. The van der Waals surface area contributed by atoms with Gasteiger partial charge in [0.15, 0.2) is 0 Å². The minimum atomic E-state index is -0.886. The van der Waals surface area contributed by atoms with Gasteiger partial charge in [-0.1, -0.05) is 30.3 Å². The highest BCUT2D eigenvalue weighted by molar-refractivity contribution is 5.87. The van der Waals surface area contributed by atoms with E-state index in [1.54, 1.807) is 12.1 Å². The highest BCUT2D eigenvalue weighted by Crippen LogP contribution is 2.08. The number of hydrogen-bond donors (Lipinski definition) is 2. The van der Waals surface area contributed by atoms with Crippen LogP contribution >= 0.6 is 0 Å². The molecule has 2 aromatic rings. The third-order valence-corrected chi connectivity index (χ3v) is 3.30. The largest absolute Gasteiger partial charge is 0.494 e. The number of hydrogen-bond acceptors (Lipinski definition) is 3. The van der Waals surface area contributed by atoms with Crippen molar-refractivity contribution in [3.05, 3.63) is 65.7 Å². The molecule has 0 aliphatic rings. The number of benzene rings is 2. The first-order valence-corrected chi connectivity index (χ1v) is 7.46. The number of carboxylic acids is 1. The number of nitrogens with one attached hydrogen (secondary N) is 1. The van der Waals surface area contributed by atoms with E-state index in [9.17, 15) is 4.79 Å². The summed E-state index contributed by atoms with van der Waals surface area (Å²) in [7, 11) is 0. The summed E-state index contributed by atoms with van der Waals surface area (Å²) < 4.78 is 5.61. The lowest BCUT2D eigenvalue weighted by Crippen LogP contribution is -2.20. The third kappa shape index (κ3) is 5.58. The molecule has 0 aromatic heterocycles. The second kappa shape index (κ2) is 8.85. The Labute approximate surface area is 130 Å². The zero-order valence-electron chi connectivity index (χ0n) is 12.5. The number of ether oxygens (including phenoxy) is 1. The van der Waals surface area contributed by atoms with Crippen LogP contribution < -0.4 is 10.1 Å². The Morgan fingerprint density at radius 2 is 1.73 bits per heavy atom. The lowest BCUT2D eigenvalue weighted by Gasteiger charge is -2.07. The van der Waals surface area contributed by atoms with E-state index in [2.05, 4.69) is 5.32 Å². The van der Waals surface area contributed by atoms with Gasteiger partial charge in [-0.3, -0.25) is 0 Å². The van der Waals surface area contributed by atoms with Crippen molar-refractivity contribution in [1.29, 1.82) is 0 Å². The Kier molecular flexibility index (Phi) is 6.45. The standard InChI is InChI=1S/C18H21NO3/c20-18(21)16-9-7-15(8-10-16)11-13-19-12-4-14-22-17-5-2-1-3-6-17/h1-3,5-10,19H,4,11-14H2,(H,20,21). The number of aromatic carboxylic acids is 1. The van der Waals surface area contributed by atoms with Crippen LogP contribution in [0.15, 0.2) is 54.6 Å². The molecule has 0 bridgehead atoms. The highest BCUT2D eigenvalue weighted by atomic mass is 16.5. The molecule has 2 aromatic carbocycles. The molecule has 0 fully saturated rings. The first kappa shape index (κ1) is 16.0. The van der Waals surface area contributed by atoms with Gasteiger partial charge in [0.25, 0.3) is 0 Å². The predicted octanol–water partition coefficient (Wildman–Crippen LogP) is 2.99. The van der Waals surface area contributed by atoms with Crippen LogP contribution in [-0.4, -0.2) is 30.8 Å². The molecule has 0 aliphatic carbocycles. The molecule has 0 spiro atoms. The normalized spacial score (nSPS) is 10.4. The lowest BCUT2D eigenvalue weighted by molar-refractivity contribution is 0.0697. The summed E-state index contributed by atoms with van der Waals surface area (Å²) in [5.74, 6) is 0.0177. The molecule has 0 heterocycles. The van der Waals surface area contributed by atoms with Gasteiger partial charge in [-0.15, -0.1) is 0 Å². The van der Waals surface area contributed by atoms with Crippen molar-refractivity contribution in [2.75, 3.05) is 19.7 Å². The Morgan fingerprint density at radius 1 is 1.00 bits per heavy atom. The smallest absolute Gasteiger partial charge is 0.335 e. The average Bonchev–Trinajstić information content (AvgIpc) is 2.55.